The molecule has 0 radical (unpaired) electrons. The fourth-order valence-corrected chi connectivity index (χ4v) is 1.97. The van der Waals surface area contributed by atoms with Gasteiger partial charge in [-0.15, -0.1) is 0 Å². The summed E-state index contributed by atoms with van der Waals surface area (Å²) in [6.07, 6.45) is 0. The van der Waals surface area contributed by atoms with Crippen LogP contribution in [0.4, 0.5) is 23.7 Å². The number of urea groups is 1. The van der Waals surface area contributed by atoms with E-state index in [9.17, 15) is 22.8 Å². The van der Waals surface area contributed by atoms with Crippen molar-refractivity contribution in [2.45, 2.75) is 5.51 Å². The van der Waals surface area contributed by atoms with E-state index >= 15 is 0 Å². The van der Waals surface area contributed by atoms with E-state index in [2.05, 4.69) is 10.6 Å². The van der Waals surface area contributed by atoms with Crippen molar-refractivity contribution in [1.82, 2.24) is 5.32 Å². The van der Waals surface area contributed by atoms with Crippen LogP contribution in [0.3, 0.4) is 0 Å². The number of aromatic carboxylic acids is 1. The van der Waals surface area contributed by atoms with Crippen LogP contribution in [0.5, 0.6) is 0 Å². The number of carbonyl (C=O) groups excluding carboxylic acids is 1. The molecule has 1 aromatic rings. The van der Waals surface area contributed by atoms with Crippen molar-refractivity contribution >= 4 is 41.1 Å². The number of nitrogens with one attached hydrogen (secondary N) is 2. The molecule has 0 atom stereocenters. The number of hydrogen-bond donors (Lipinski definition) is 3. The van der Waals surface area contributed by atoms with E-state index in [4.69, 9.17) is 16.7 Å². The van der Waals surface area contributed by atoms with Gasteiger partial charge < -0.3 is 15.7 Å². The number of carboxylic acids is 1. The summed E-state index contributed by atoms with van der Waals surface area (Å²) in [5.41, 5.74) is -4.23. The van der Waals surface area contributed by atoms with Gasteiger partial charge in [0.15, 0.2) is 0 Å². The van der Waals surface area contributed by atoms with Crippen LogP contribution in [-0.4, -0.2) is 34.9 Å². The van der Waals surface area contributed by atoms with Gasteiger partial charge in [-0.05, 0) is 30.0 Å². The van der Waals surface area contributed by atoms with Gasteiger partial charge in [-0.3, -0.25) is 0 Å². The zero-order valence-electron chi connectivity index (χ0n) is 10.3. The van der Waals surface area contributed by atoms with Crippen molar-refractivity contribution in [3.8, 4) is 0 Å². The third kappa shape index (κ3) is 6.58. The molecule has 10 heteroatoms. The summed E-state index contributed by atoms with van der Waals surface area (Å²) < 4.78 is 35.5. The van der Waals surface area contributed by atoms with E-state index in [0.717, 1.165) is 0 Å². The van der Waals surface area contributed by atoms with Gasteiger partial charge in [0.1, 0.15) is 0 Å². The molecule has 0 saturated carbocycles. The van der Waals surface area contributed by atoms with Crippen LogP contribution in [0.1, 0.15) is 10.4 Å². The van der Waals surface area contributed by atoms with Crippen molar-refractivity contribution in [3.63, 3.8) is 0 Å². The van der Waals surface area contributed by atoms with Crippen LogP contribution in [-0.2, 0) is 0 Å². The number of amides is 2. The van der Waals surface area contributed by atoms with Gasteiger partial charge >= 0.3 is 17.5 Å². The highest BCUT2D eigenvalue weighted by molar-refractivity contribution is 8.00. The molecule has 5 nitrogen and oxygen atoms in total. The lowest BCUT2D eigenvalue weighted by atomic mass is 10.2. The first-order chi connectivity index (χ1) is 9.69. The van der Waals surface area contributed by atoms with Crippen molar-refractivity contribution in [2.75, 3.05) is 17.6 Å². The topological polar surface area (TPSA) is 78.4 Å². The van der Waals surface area contributed by atoms with Crippen molar-refractivity contribution in [3.05, 3.63) is 28.8 Å². The zero-order chi connectivity index (χ0) is 16.0. The summed E-state index contributed by atoms with van der Waals surface area (Å²) in [6.45, 7) is -0.170. The van der Waals surface area contributed by atoms with Crippen LogP contribution in [0, 0.1) is 0 Å². The lowest BCUT2D eigenvalue weighted by Crippen LogP contribution is -2.31. The molecule has 1 rings (SSSR count). The number of anilines is 1. The van der Waals surface area contributed by atoms with E-state index < -0.39 is 17.5 Å². The molecule has 0 aromatic heterocycles. The number of hydrogen-bond acceptors (Lipinski definition) is 3. The number of thioether (sulfide) groups is 1. The number of rotatable bonds is 5. The summed E-state index contributed by atoms with van der Waals surface area (Å²) in [7, 11) is 0. The molecule has 0 aliphatic rings. The monoisotopic (exact) mass is 342 g/mol. The second-order valence-electron chi connectivity index (χ2n) is 3.67. The quantitative estimate of drug-likeness (QED) is 0.716. The van der Waals surface area contributed by atoms with E-state index in [1.165, 1.54) is 18.2 Å². The third-order valence-electron chi connectivity index (χ3n) is 2.11. The molecule has 0 spiro atoms. The highest BCUT2D eigenvalue weighted by Gasteiger charge is 2.27. The molecule has 0 aliphatic heterocycles. The van der Waals surface area contributed by atoms with Crippen molar-refractivity contribution < 1.29 is 27.9 Å². The standard InChI is InChI=1S/C11H10ClF3N2O3S/c12-8-5-6(1-2-7(8)9(18)19)17-10(20)16-3-4-21-11(13,14)15/h1-2,5H,3-4H2,(H,18,19)(H2,16,17,20). The Balaban J connectivity index is 2.45. The first-order valence-electron chi connectivity index (χ1n) is 5.47. The fourth-order valence-electron chi connectivity index (χ4n) is 1.27. The number of halogens is 4. The summed E-state index contributed by atoms with van der Waals surface area (Å²) in [6, 6.07) is 3.05. The van der Waals surface area contributed by atoms with Gasteiger partial charge in [-0.25, -0.2) is 9.59 Å². The second-order valence-corrected chi connectivity index (χ2v) is 5.24. The highest BCUT2D eigenvalue weighted by atomic mass is 35.5. The van der Waals surface area contributed by atoms with Crippen LogP contribution < -0.4 is 10.6 Å². The van der Waals surface area contributed by atoms with Crippen molar-refractivity contribution in [1.29, 1.82) is 0 Å². The van der Waals surface area contributed by atoms with E-state index in [1.807, 2.05) is 0 Å². The summed E-state index contributed by atoms with van der Waals surface area (Å²) in [5.74, 6) is -1.52. The van der Waals surface area contributed by atoms with Gasteiger partial charge in [0.2, 0.25) is 0 Å². The Bertz CT molecular complexity index is 540. The fraction of sp³-hybridized carbons (Fsp3) is 0.273. The molecule has 0 fully saturated rings. The maximum Gasteiger partial charge on any atom is 0.441 e. The Kier molecular flexibility index (Phi) is 6.16. The Labute approximate surface area is 126 Å². The molecular formula is C11H10ClF3N2O3S. The first kappa shape index (κ1) is 17.4. The minimum Gasteiger partial charge on any atom is -0.478 e. The maximum absolute atomic E-state index is 11.8. The normalized spacial score (nSPS) is 11.0. The van der Waals surface area contributed by atoms with Crippen LogP contribution >= 0.6 is 23.4 Å². The van der Waals surface area contributed by atoms with E-state index in [0.29, 0.717) is 0 Å². The maximum atomic E-state index is 11.8. The van der Waals surface area contributed by atoms with Crippen LogP contribution in [0.25, 0.3) is 0 Å². The van der Waals surface area contributed by atoms with Crippen LogP contribution in [0.2, 0.25) is 5.02 Å². The van der Waals surface area contributed by atoms with Gasteiger partial charge in [0.25, 0.3) is 0 Å². The van der Waals surface area contributed by atoms with Gasteiger partial charge in [0, 0.05) is 18.0 Å². The highest BCUT2D eigenvalue weighted by Crippen LogP contribution is 2.29. The Morgan fingerprint density at radius 2 is 2.00 bits per heavy atom. The van der Waals surface area contributed by atoms with Crippen molar-refractivity contribution in [2.24, 2.45) is 0 Å². The number of carbonyl (C=O) groups is 2. The average molecular weight is 343 g/mol. The molecule has 0 bridgehead atoms. The molecule has 0 saturated heterocycles. The molecular weight excluding hydrogens is 333 g/mol. The van der Waals surface area contributed by atoms with Gasteiger partial charge in [0.05, 0.1) is 10.6 Å². The minimum atomic E-state index is -4.33. The lowest BCUT2D eigenvalue weighted by molar-refractivity contribution is -0.0327. The molecule has 1 aromatic carbocycles. The number of alkyl halides is 3. The number of carboxylic acid groups (broad SMARTS) is 1. The Morgan fingerprint density at radius 3 is 2.52 bits per heavy atom. The Morgan fingerprint density at radius 1 is 1.33 bits per heavy atom. The largest absolute Gasteiger partial charge is 0.478 e. The summed E-state index contributed by atoms with van der Waals surface area (Å²) in [4.78, 5) is 22.1. The summed E-state index contributed by atoms with van der Waals surface area (Å²) >= 11 is 5.46. The molecule has 0 heterocycles. The van der Waals surface area contributed by atoms with E-state index in [1.54, 1.807) is 0 Å². The Hall–Kier alpha value is -1.61. The molecule has 2 amide bonds. The average Bonchev–Trinajstić information content (AvgIpc) is 2.33. The predicted octanol–water partition coefficient (Wildman–Crippen LogP) is 3.41. The number of benzene rings is 1. The smallest absolute Gasteiger partial charge is 0.441 e. The summed E-state index contributed by atoms with van der Waals surface area (Å²) in [5, 5.41) is 13.3. The molecule has 21 heavy (non-hydrogen) atoms. The first-order valence-corrected chi connectivity index (χ1v) is 6.84. The molecule has 0 unspecified atom stereocenters. The predicted molar refractivity (Wildman–Crippen MR) is 73.9 cm³/mol. The van der Waals surface area contributed by atoms with Crippen LogP contribution in [0.15, 0.2) is 18.2 Å². The molecule has 3 N–H and O–H groups in total. The SMILES string of the molecule is O=C(NCCSC(F)(F)F)Nc1ccc(C(=O)O)c(Cl)c1. The minimum absolute atomic E-state index is 0.0621. The molecule has 116 valence electrons. The van der Waals surface area contributed by atoms with E-state index in [-0.39, 0.29) is 40.3 Å². The lowest BCUT2D eigenvalue weighted by Gasteiger charge is -2.09. The third-order valence-corrected chi connectivity index (χ3v) is 3.16. The molecule has 0 aliphatic carbocycles. The van der Waals surface area contributed by atoms with Gasteiger partial charge in [-0.1, -0.05) is 11.6 Å². The second kappa shape index (κ2) is 7.41. The zero-order valence-corrected chi connectivity index (χ0v) is 11.9. The van der Waals surface area contributed by atoms with Gasteiger partial charge in [-0.2, -0.15) is 13.2 Å².